The molecule has 0 atom stereocenters. The summed E-state index contributed by atoms with van der Waals surface area (Å²) in [7, 11) is 1.61. The minimum absolute atomic E-state index is 0.158. The lowest BCUT2D eigenvalue weighted by Crippen LogP contribution is -2.19. The zero-order chi connectivity index (χ0) is 17.1. The number of para-hydroxylation sites is 1. The number of ether oxygens (including phenoxy) is 1. The highest BCUT2D eigenvalue weighted by molar-refractivity contribution is 9.10. The van der Waals surface area contributed by atoms with E-state index in [4.69, 9.17) is 4.74 Å². The Morgan fingerprint density at radius 2 is 2.04 bits per heavy atom. The molecule has 6 heteroatoms. The first-order valence-corrected chi connectivity index (χ1v) is 8.86. The third-order valence-corrected chi connectivity index (χ3v) is 4.87. The smallest absolute Gasteiger partial charge is 0.264 e. The van der Waals surface area contributed by atoms with E-state index < -0.39 is 0 Å². The number of amides is 1. The molecule has 4 nitrogen and oxygen atoms in total. The number of amidine groups is 1. The summed E-state index contributed by atoms with van der Waals surface area (Å²) >= 11 is 4.76. The Labute approximate surface area is 153 Å². The summed E-state index contributed by atoms with van der Waals surface area (Å²) in [4.78, 5) is 17.3. The topological polar surface area (TPSA) is 50.7 Å². The fourth-order valence-corrected chi connectivity index (χ4v) is 3.44. The fourth-order valence-electron chi connectivity index (χ4n) is 2.24. The maximum absolute atomic E-state index is 12.2. The highest BCUT2D eigenvalue weighted by Crippen LogP contribution is 2.32. The summed E-state index contributed by atoms with van der Waals surface area (Å²) in [5, 5.41) is 3.38. The molecule has 0 radical (unpaired) electrons. The van der Waals surface area contributed by atoms with E-state index in [2.05, 4.69) is 26.2 Å². The molecule has 0 unspecified atom stereocenters. The summed E-state index contributed by atoms with van der Waals surface area (Å²) in [5.74, 6) is 0.553. The van der Waals surface area contributed by atoms with Crippen LogP contribution in [0.5, 0.6) is 5.75 Å². The van der Waals surface area contributed by atoms with Crippen LogP contribution in [0.25, 0.3) is 6.08 Å². The van der Waals surface area contributed by atoms with Crippen molar-refractivity contribution in [1.82, 2.24) is 5.32 Å². The van der Waals surface area contributed by atoms with Crippen molar-refractivity contribution in [3.63, 3.8) is 0 Å². The molecule has 1 aliphatic rings. The van der Waals surface area contributed by atoms with E-state index in [0.29, 0.717) is 15.8 Å². The van der Waals surface area contributed by atoms with E-state index in [1.165, 1.54) is 11.8 Å². The highest BCUT2D eigenvalue weighted by atomic mass is 79.9. The van der Waals surface area contributed by atoms with Crippen LogP contribution in [0.2, 0.25) is 0 Å². The lowest BCUT2D eigenvalue weighted by atomic mass is 10.2. The van der Waals surface area contributed by atoms with Gasteiger partial charge in [0.15, 0.2) is 5.17 Å². The average Bonchev–Trinajstić information content (AvgIpc) is 2.89. The van der Waals surface area contributed by atoms with Crippen molar-refractivity contribution < 1.29 is 9.53 Å². The van der Waals surface area contributed by atoms with Gasteiger partial charge in [0.05, 0.1) is 17.7 Å². The van der Waals surface area contributed by atoms with Gasteiger partial charge in [-0.3, -0.25) is 4.79 Å². The molecular formula is C18H15BrN2O2S. The number of hydrogen-bond acceptors (Lipinski definition) is 4. The number of aryl methyl sites for hydroxylation is 1. The number of nitrogens with one attached hydrogen (secondary N) is 1. The minimum Gasteiger partial charge on any atom is -0.496 e. The first-order valence-electron chi connectivity index (χ1n) is 7.25. The van der Waals surface area contributed by atoms with E-state index in [-0.39, 0.29) is 5.91 Å². The lowest BCUT2D eigenvalue weighted by molar-refractivity contribution is -0.115. The van der Waals surface area contributed by atoms with Crippen LogP contribution in [0.4, 0.5) is 5.69 Å². The SMILES string of the molecule is COc1ccc(Br)cc1/C=C1\SC(=Nc2ccccc2C)NC1=O. The quantitative estimate of drug-likeness (QED) is 0.759. The van der Waals surface area contributed by atoms with Crippen LogP contribution in [-0.4, -0.2) is 18.2 Å². The number of aliphatic imine (C=N–C) groups is 1. The number of thioether (sulfide) groups is 1. The van der Waals surface area contributed by atoms with Crippen LogP contribution < -0.4 is 10.1 Å². The molecule has 1 heterocycles. The predicted molar refractivity (Wildman–Crippen MR) is 103 cm³/mol. The van der Waals surface area contributed by atoms with Crippen molar-refractivity contribution in [2.45, 2.75) is 6.92 Å². The van der Waals surface area contributed by atoms with Crippen molar-refractivity contribution in [3.8, 4) is 5.75 Å². The van der Waals surface area contributed by atoms with E-state index in [0.717, 1.165) is 21.3 Å². The molecule has 1 amide bonds. The second kappa shape index (κ2) is 7.23. The van der Waals surface area contributed by atoms with Crippen molar-refractivity contribution in [1.29, 1.82) is 0 Å². The van der Waals surface area contributed by atoms with Gasteiger partial charge in [-0.05, 0) is 54.6 Å². The zero-order valence-electron chi connectivity index (χ0n) is 13.2. The molecular weight excluding hydrogens is 388 g/mol. The number of rotatable bonds is 3. The van der Waals surface area contributed by atoms with E-state index in [1.54, 1.807) is 7.11 Å². The first-order chi connectivity index (χ1) is 11.6. The Hall–Kier alpha value is -2.05. The third kappa shape index (κ3) is 3.71. The van der Waals surface area contributed by atoms with Crippen molar-refractivity contribution in [3.05, 3.63) is 63.0 Å². The second-order valence-corrected chi connectivity index (χ2v) is 7.10. The summed E-state index contributed by atoms with van der Waals surface area (Å²) < 4.78 is 6.27. The number of hydrogen-bond donors (Lipinski definition) is 1. The van der Waals surface area contributed by atoms with Gasteiger partial charge >= 0.3 is 0 Å². The fraction of sp³-hybridized carbons (Fsp3) is 0.111. The number of carbonyl (C=O) groups excluding carboxylic acids is 1. The van der Waals surface area contributed by atoms with Gasteiger partial charge in [0.25, 0.3) is 5.91 Å². The van der Waals surface area contributed by atoms with Crippen LogP contribution in [0.15, 0.2) is 56.8 Å². The maximum atomic E-state index is 12.2. The van der Waals surface area contributed by atoms with Gasteiger partial charge in [-0.1, -0.05) is 34.1 Å². The van der Waals surface area contributed by atoms with Crippen LogP contribution in [0.3, 0.4) is 0 Å². The molecule has 3 rings (SSSR count). The van der Waals surface area contributed by atoms with Gasteiger partial charge < -0.3 is 10.1 Å². The number of nitrogens with zero attached hydrogens (tertiary/aromatic N) is 1. The van der Waals surface area contributed by atoms with Gasteiger partial charge in [-0.15, -0.1) is 0 Å². The van der Waals surface area contributed by atoms with E-state index in [9.17, 15) is 4.79 Å². The van der Waals surface area contributed by atoms with Gasteiger partial charge in [-0.25, -0.2) is 4.99 Å². The molecule has 0 spiro atoms. The van der Waals surface area contributed by atoms with Gasteiger partial charge in [-0.2, -0.15) is 0 Å². The molecule has 1 N–H and O–H groups in total. The number of halogens is 1. The molecule has 2 aromatic rings. The summed E-state index contributed by atoms with van der Waals surface area (Å²) in [6.45, 7) is 1.99. The third-order valence-electron chi connectivity index (χ3n) is 3.47. The number of methoxy groups -OCH3 is 1. The van der Waals surface area contributed by atoms with Gasteiger partial charge in [0, 0.05) is 10.0 Å². The number of benzene rings is 2. The highest BCUT2D eigenvalue weighted by Gasteiger charge is 2.24. The molecule has 24 heavy (non-hydrogen) atoms. The maximum Gasteiger partial charge on any atom is 0.264 e. The summed E-state index contributed by atoms with van der Waals surface area (Å²) in [6, 6.07) is 13.5. The normalized spacial score (nSPS) is 17.4. The van der Waals surface area contributed by atoms with Gasteiger partial charge in [0.1, 0.15) is 5.75 Å². The van der Waals surface area contributed by atoms with Crippen molar-refractivity contribution in [2.24, 2.45) is 4.99 Å². The molecule has 2 aromatic carbocycles. The first kappa shape index (κ1) is 16.8. The van der Waals surface area contributed by atoms with Crippen molar-refractivity contribution >= 4 is 50.5 Å². The Kier molecular flexibility index (Phi) is 5.06. The van der Waals surface area contributed by atoms with E-state index in [1.807, 2.05) is 55.5 Å². The second-order valence-electron chi connectivity index (χ2n) is 5.15. The summed E-state index contributed by atoms with van der Waals surface area (Å²) in [5.41, 5.74) is 2.74. The van der Waals surface area contributed by atoms with Gasteiger partial charge in [0.2, 0.25) is 0 Å². The largest absolute Gasteiger partial charge is 0.496 e. The molecule has 1 aliphatic heterocycles. The Morgan fingerprint density at radius 1 is 1.25 bits per heavy atom. The molecule has 0 bridgehead atoms. The van der Waals surface area contributed by atoms with E-state index >= 15 is 0 Å². The van der Waals surface area contributed by atoms with Crippen molar-refractivity contribution in [2.75, 3.05) is 7.11 Å². The minimum atomic E-state index is -0.158. The van der Waals surface area contributed by atoms with Crippen LogP contribution in [0.1, 0.15) is 11.1 Å². The average molecular weight is 403 g/mol. The van der Waals surface area contributed by atoms with Crippen LogP contribution >= 0.6 is 27.7 Å². The summed E-state index contributed by atoms with van der Waals surface area (Å²) in [6.07, 6.45) is 1.81. The Bertz CT molecular complexity index is 862. The zero-order valence-corrected chi connectivity index (χ0v) is 15.6. The Morgan fingerprint density at radius 3 is 2.79 bits per heavy atom. The number of carbonyl (C=O) groups is 1. The molecule has 0 aliphatic carbocycles. The molecule has 1 fully saturated rings. The molecule has 1 saturated heterocycles. The Balaban J connectivity index is 1.91. The molecule has 0 aromatic heterocycles. The monoisotopic (exact) mass is 402 g/mol. The molecule has 122 valence electrons. The lowest BCUT2D eigenvalue weighted by Gasteiger charge is -2.05. The van der Waals surface area contributed by atoms with Crippen LogP contribution in [-0.2, 0) is 4.79 Å². The van der Waals surface area contributed by atoms with Crippen LogP contribution in [0, 0.1) is 6.92 Å². The molecule has 0 saturated carbocycles. The predicted octanol–water partition coefficient (Wildman–Crippen LogP) is 4.66. The standard InChI is InChI=1S/C18H15BrN2O2S/c1-11-5-3-4-6-14(11)20-18-21-17(22)16(24-18)10-12-9-13(19)7-8-15(12)23-2/h3-10H,1-2H3,(H,20,21,22)/b16-10-.